The molecule has 0 atom stereocenters. The van der Waals surface area contributed by atoms with Gasteiger partial charge in [0.25, 0.3) is 0 Å². The van der Waals surface area contributed by atoms with Crippen LogP contribution >= 0.6 is 0 Å². The molecule has 78 heavy (non-hydrogen) atoms. The lowest BCUT2D eigenvalue weighted by molar-refractivity contribution is -0.138. The minimum absolute atomic E-state index is 0.00694. The minimum atomic E-state index is -4.59. The highest BCUT2D eigenvalue weighted by Crippen LogP contribution is 2.55. The van der Waals surface area contributed by atoms with Gasteiger partial charge in [-0.3, -0.25) is 0 Å². The summed E-state index contributed by atoms with van der Waals surface area (Å²) in [5.74, 6) is 2.81. The Bertz CT molecular complexity index is 3150. The first-order valence-electron chi connectivity index (χ1n) is 28.7. The smallest absolute Gasteiger partial charge is 0.416 e. The topological polar surface area (TPSA) is 36.9 Å². The van der Waals surface area contributed by atoms with Crippen LogP contribution in [0.15, 0.2) is 133 Å². The first-order chi connectivity index (χ1) is 37.9. The van der Waals surface area contributed by atoms with Gasteiger partial charge in [0.15, 0.2) is 0 Å². The molecular formula is C68H66F6O4. The number of alkyl halides is 6. The zero-order chi connectivity index (χ0) is 53.4. The standard InChI is InChI=1S/C68H66F6O4/c69-67(70,71)47-29-21-43(22-30-47)63-60-42-56(78-52-19-11-4-12-20-52)38-40-58(60)62(46-27-35-54(36-28-46)76-50-15-7-2-8-16-50)66-64(44-23-31-48(32-24-44)68(72,73)74)59-41-55(77-51-17-9-3-10-18-51)37-39-57(59)61(65(63)66)45-25-33-53(34-26-45)75-49-13-5-1-6-14-49/h21-42,49-52H,1-20H2. The molecule has 0 radical (unpaired) electrons. The first-order valence-corrected chi connectivity index (χ1v) is 28.7. The second kappa shape index (κ2) is 22.2. The zero-order valence-electron chi connectivity index (χ0n) is 44.1. The van der Waals surface area contributed by atoms with Crippen molar-refractivity contribution in [1.82, 2.24) is 0 Å². The molecule has 0 bridgehead atoms. The van der Waals surface area contributed by atoms with Crippen LogP contribution in [0.4, 0.5) is 26.3 Å². The van der Waals surface area contributed by atoms with E-state index >= 15 is 0 Å². The fraction of sp³-hybridized carbons (Fsp3) is 0.382. The quantitative estimate of drug-likeness (QED) is 0.0902. The Morgan fingerprint density at radius 1 is 0.269 bits per heavy atom. The molecule has 12 rings (SSSR count). The van der Waals surface area contributed by atoms with Gasteiger partial charge in [0.1, 0.15) is 23.0 Å². The van der Waals surface area contributed by atoms with Crippen molar-refractivity contribution in [3.63, 3.8) is 0 Å². The van der Waals surface area contributed by atoms with E-state index in [0.717, 1.165) is 206 Å². The van der Waals surface area contributed by atoms with E-state index in [-0.39, 0.29) is 24.4 Å². The number of benzene rings is 8. The molecule has 4 aliphatic carbocycles. The Morgan fingerprint density at radius 2 is 0.513 bits per heavy atom. The molecule has 0 N–H and O–H groups in total. The van der Waals surface area contributed by atoms with Crippen molar-refractivity contribution in [3.05, 3.63) is 145 Å². The molecule has 404 valence electrons. The first kappa shape index (κ1) is 52.0. The van der Waals surface area contributed by atoms with Gasteiger partial charge >= 0.3 is 12.4 Å². The number of rotatable bonds is 12. The second-order valence-corrected chi connectivity index (χ2v) is 22.4. The molecule has 8 aromatic rings. The largest absolute Gasteiger partial charge is 0.490 e. The molecule has 4 nitrogen and oxygen atoms in total. The summed E-state index contributed by atoms with van der Waals surface area (Å²) in [6, 6.07) is 39.2. The van der Waals surface area contributed by atoms with E-state index in [1.165, 1.54) is 12.8 Å². The summed E-state index contributed by atoms with van der Waals surface area (Å²) in [4.78, 5) is 0. The van der Waals surface area contributed by atoms with E-state index in [2.05, 4.69) is 48.5 Å². The molecule has 0 aliphatic heterocycles. The normalized spacial score (nSPS) is 17.7. The maximum atomic E-state index is 14.6. The number of ether oxygens (including phenoxy) is 4. The average Bonchev–Trinajstić information content (AvgIpc) is 3.55. The summed E-state index contributed by atoms with van der Waals surface area (Å²) < 4.78 is 114. The maximum absolute atomic E-state index is 14.6. The Morgan fingerprint density at radius 3 is 0.795 bits per heavy atom. The fourth-order valence-electron chi connectivity index (χ4n) is 13.1. The third kappa shape index (κ3) is 11.0. The molecule has 0 unspecified atom stereocenters. The van der Waals surface area contributed by atoms with Gasteiger partial charge < -0.3 is 18.9 Å². The van der Waals surface area contributed by atoms with Crippen LogP contribution < -0.4 is 18.9 Å². The summed E-state index contributed by atoms with van der Waals surface area (Å²) in [5.41, 5.74) is 4.21. The van der Waals surface area contributed by atoms with Crippen molar-refractivity contribution < 1.29 is 45.3 Å². The summed E-state index contributed by atoms with van der Waals surface area (Å²) >= 11 is 0. The van der Waals surface area contributed by atoms with Gasteiger partial charge in [0, 0.05) is 0 Å². The van der Waals surface area contributed by atoms with E-state index in [1.54, 1.807) is 24.3 Å². The van der Waals surface area contributed by atoms with Gasteiger partial charge in [-0.15, -0.1) is 0 Å². The maximum Gasteiger partial charge on any atom is 0.416 e. The van der Waals surface area contributed by atoms with Crippen molar-refractivity contribution in [3.8, 4) is 67.5 Å². The lowest BCUT2D eigenvalue weighted by Gasteiger charge is -2.28. The Balaban J connectivity index is 1.22. The van der Waals surface area contributed by atoms with Crippen molar-refractivity contribution in [2.75, 3.05) is 0 Å². The van der Waals surface area contributed by atoms with E-state index in [4.69, 9.17) is 18.9 Å². The highest BCUT2D eigenvalue weighted by Gasteiger charge is 2.33. The summed E-state index contributed by atoms with van der Waals surface area (Å²) in [7, 11) is 0. The minimum Gasteiger partial charge on any atom is -0.490 e. The van der Waals surface area contributed by atoms with Crippen molar-refractivity contribution in [2.45, 2.75) is 165 Å². The zero-order valence-corrected chi connectivity index (χ0v) is 44.1. The van der Waals surface area contributed by atoms with Gasteiger partial charge in [0.05, 0.1) is 35.5 Å². The van der Waals surface area contributed by atoms with Crippen molar-refractivity contribution in [2.24, 2.45) is 0 Å². The van der Waals surface area contributed by atoms with Crippen LogP contribution in [0.25, 0.3) is 76.8 Å². The number of hydrogen-bond acceptors (Lipinski definition) is 4. The predicted octanol–water partition coefficient (Wildman–Crippen LogP) is 20.7. The number of hydrogen-bond donors (Lipinski definition) is 0. The predicted molar refractivity (Wildman–Crippen MR) is 301 cm³/mol. The highest BCUT2D eigenvalue weighted by molar-refractivity contribution is 6.34. The van der Waals surface area contributed by atoms with Gasteiger partial charge in [-0.2, -0.15) is 26.3 Å². The van der Waals surface area contributed by atoms with Crippen LogP contribution in [0.2, 0.25) is 0 Å². The summed E-state index contributed by atoms with van der Waals surface area (Å²) in [5, 5.41) is 4.61. The van der Waals surface area contributed by atoms with E-state index in [9.17, 15) is 26.3 Å². The second-order valence-electron chi connectivity index (χ2n) is 22.4. The molecule has 10 heteroatoms. The van der Waals surface area contributed by atoms with E-state index in [1.807, 2.05) is 36.4 Å². The third-order valence-electron chi connectivity index (χ3n) is 17.0. The van der Waals surface area contributed by atoms with Crippen LogP contribution in [-0.4, -0.2) is 24.4 Å². The Kier molecular flexibility index (Phi) is 14.8. The summed E-state index contributed by atoms with van der Waals surface area (Å²) in [6.45, 7) is 0. The molecule has 0 saturated heterocycles. The molecule has 8 aromatic carbocycles. The van der Waals surface area contributed by atoms with Crippen LogP contribution in [-0.2, 0) is 12.4 Å². The van der Waals surface area contributed by atoms with Gasteiger partial charge in [-0.05, 0) is 252 Å². The molecule has 4 fully saturated rings. The molecule has 0 heterocycles. The molecule has 4 aliphatic rings. The van der Waals surface area contributed by atoms with Gasteiger partial charge in [-0.25, -0.2) is 0 Å². The highest BCUT2D eigenvalue weighted by atomic mass is 19.4. The molecular weight excluding hydrogens is 995 g/mol. The fourth-order valence-corrected chi connectivity index (χ4v) is 13.1. The lowest BCUT2D eigenvalue weighted by Crippen LogP contribution is -2.19. The van der Waals surface area contributed by atoms with Crippen LogP contribution in [0.3, 0.4) is 0 Å². The van der Waals surface area contributed by atoms with E-state index in [0.29, 0.717) is 33.8 Å². The van der Waals surface area contributed by atoms with Gasteiger partial charge in [-0.1, -0.05) is 86.3 Å². The van der Waals surface area contributed by atoms with Gasteiger partial charge in [0.2, 0.25) is 0 Å². The SMILES string of the molecule is FC(F)(F)c1ccc(-c2c3cc(OC4CCCCC4)ccc3c(-c3ccc(OC4CCCCC4)cc3)c3c(-c4ccc(C(F)(F)F)cc4)c4cc(OC5CCCCC5)ccc4c(-c4ccc(OC5CCCCC5)cc4)c23)cc1. The average molecular weight is 1060 g/mol. The molecule has 0 aromatic heterocycles. The number of halogens is 6. The van der Waals surface area contributed by atoms with E-state index < -0.39 is 23.5 Å². The summed E-state index contributed by atoms with van der Waals surface area (Å²) in [6.07, 6.45) is 12.1. The molecule has 0 amide bonds. The Hall–Kier alpha value is -6.68. The Labute approximate surface area is 453 Å². The lowest BCUT2D eigenvalue weighted by atomic mass is 9.77. The van der Waals surface area contributed by atoms with Crippen LogP contribution in [0, 0.1) is 0 Å². The molecule has 4 saturated carbocycles. The van der Waals surface area contributed by atoms with Crippen LogP contribution in [0.1, 0.15) is 140 Å². The van der Waals surface area contributed by atoms with Crippen molar-refractivity contribution in [1.29, 1.82) is 0 Å². The van der Waals surface area contributed by atoms with Crippen molar-refractivity contribution >= 4 is 32.3 Å². The van der Waals surface area contributed by atoms with Crippen LogP contribution in [0.5, 0.6) is 23.0 Å². The monoisotopic (exact) mass is 1060 g/mol. The molecule has 0 spiro atoms. The third-order valence-corrected chi connectivity index (χ3v) is 17.0. The number of fused-ring (bicyclic) bond motifs is 3.